The van der Waals surface area contributed by atoms with Crippen molar-refractivity contribution in [1.29, 1.82) is 5.26 Å². The number of aromatic nitrogens is 2. The summed E-state index contributed by atoms with van der Waals surface area (Å²) in [6, 6.07) is 1.76. The van der Waals surface area contributed by atoms with Gasteiger partial charge in [0.25, 0.3) is 0 Å². The molecule has 0 aromatic carbocycles. The molecule has 0 N–H and O–H groups in total. The van der Waals surface area contributed by atoms with Crippen LogP contribution >= 0.6 is 0 Å². The van der Waals surface area contributed by atoms with E-state index in [-0.39, 0.29) is 18.0 Å². The minimum atomic E-state index is -3.72. The second-order valence-electron chi connectivity index (χ2n) is 2.99. The summed E-state index contributed by atoms with van der Waals surface area (Å²) in [5.74, 6) is 2.20. The van der Waals surface area contributed by atoms with Crippen LogP contribution in [0.1, 0.15) is 0 Å². The van der Waals surface area contributed by atoms with Crippen molar-refractivity contribution in [2.24, 2.45) is 7.05 Å². The Morgan fingerprint density at radius 3 is 2.75 bits per heavy atom. The number of nitriles is 1. The van der Waals surface area contributed by atoms with Crippen molar-refractivity contribution >= 4 is 10.0 Å². The van der Waals surface area contributed by atoms with Gasteiger partial charge in [0.15, 0.2) is 0 Å². The maximum atomic E-state index is 12.0. The third-order valence-corrected chi connectivity index (χ3v) is 3.58. The van der Waals surface area contributed by atoms with Gasteiger partial charge >= 0.3 is 0 Å². The van der Waals surface area contributed by atoms with E-state index in [0.717, 1.165) is 4.31 Å². The van der Waals surface area contributed by atoms with Crippen molar-refractivity contribution in [2.75, 3.05) is 13.1 Å². The number of sulfonamides is 1. The minimum absolute atomic E-state index is 0.0282. The van der Waals surface area contributed by atoms with Crippen LogP contribution in [0, 0.1) is 23.7 Å². The van der Waals surface area contributed by atoms with Crippen molar-refractivity contribution in [2.45, 2.75) is 4.90 Å². The van der Waals surface area contributed by atoms with Gasteiger partial charge in [-0.25, -0.2) is 8.42 Å². The summed E-state index contributed by atoms with van der Waals surface area (Å²) < 4.78 is 26.2. The maximum absolute atomic E-state index is 12.0. The molecule has 0 amide bonds. The second kappa shape index (κ2) is 4.79. The third-order valence-electron chi connectivity index (χ3n) is 1.83. The summed E-state index contributed by atoms with van der Waals surface area (Å²) >= 11 is 0. The fourth-order valence-electron chi connectivity index (χ4n) is 1.09. The first-order valence-electron chi connectivity index (χ1n) is 4.31. The Hall–Kier alpha value is -1.83. The lowest BCUT2D eigenvalue weighted by molar-refractivity contribution is 0.481. The van der Waals surface area contributed by atoms with Crippen molar-refractivity contribution in [1.82, 2.24) is 14.1 Å². The first-order valence-corrected chi connectivity index (χ1v) is 5.75. The van der Waals surface area contributed by atoms with Crippen LogP contribution in [0.2, 0.25) is 0 Å². The van der Waals surface area contributed by atoms with Crippen LogP contribution < -0.4 is 0 Å². The van der Waals surface area contributed by atoms with Gasteiger partial charge in [-0.3, -0.25) is 4.68 Å². The van der Waals surface area contributed by atoms with Crippen LogP contribution in [-0.2, 0) is 17.1 Å². The van der Waals surface area contributed by atoms with Crippen molar-refractivity contribution in [3.05, 3.63) is 12.4 Å². The van der Waals surface area contributed by atoms with Crippen molar-refractivity contribution < 1.29 is 8.42 Å². The fraction of sp³-hybridized carbons (Fsp3) is 0.333. The Balaban J connectivity index is 3.09. The molecule has 1 aromatic heterocycles. The molecular weight excluding hydrogens is 228 g/mol. The van der Waals surface area contributed by atoms with Gasteiger partial charge < -0.3 is 0 Å². The molecule has 0 radical (unpaired) electrons. The number of nitrogens with zero attached hydrogens (tertiary/aromatic N) is 4. The highest BCUT2D eigenvalue weighted by atomic mass is 32.2. The number of rotatable bonds is 4. The van der Waals surface area contributed by atoms with Crippen molar-refractivity contribution in [3.8, 4) is 18.4 Å². The highest BCUT2D eigenvalue weighted by Gasteiger charge is 2.24. The molecule has 0 aliphatic rings. The zero-order valence-electron chi connectivity index (χ0n) is 8.66. The third kappa shape index (κ3) is 2.40. The first kappa shape index (κ1) is 12.2. The smallest absolute Gasteiger partial charge is 0.248 e. The summed E-state index contributed by atoms with van der Waals surface area (Å²) in [7, 11) is -2.11. The van der Waals surface area contributed by atoms with E-state index in [4.69, 9.17) is 11.7 Å². The number of aryl methyl sites for hydroxylation is 1. The van der Waals surface area contributed by atoms with E-state index in [1.807, 2.05) is 0 Å². The van der Waals surface area contributed by atoms with Gasteiger partial charge in [-0.05, 0) is 0 Å². The molecule has 0 fully saturated rings. The van der Waals surface area contributed by atoms with E-state index < -0.39 is 10.0 Å². The second-order valence-corrected chi connectivity index (χ2v) is 4.92. The summed E-state index contributed by atoms with van der Waals surface area (Å²) in [5.41, 5.74) is 0. The predicted octanol–water partition coefficient (Wildman–Crippen LogP) is -0.432. The molecule has 0 bridgehead atoms. The quantitative estimate of drug-likeness (QED) is 0.526. The fourth-order valence-corrected chi connectivity index (χ4v) is 2.32. The van der Waals surface area contributed by atoms with E-state index in [9.17, 15) is 8.42 Å². The highest BCUT2D eigenvalue weighted by Crippen LogP contribution is 2.13. The van der Waals surface area contributed by atoms with Gasteiger partial charge in [-0.1, -0.05) is 5.92 Å². The molecular formula is C9H10N4O2S. The zero-order valence-corrected chi connectivity index (χ0v) is 9.48. The molecule has 84 valence electrons. The molecule has 7 heteroatoms. The Morgan fingerprint density at radius 1 is 1.62 bits per heavy atom. The first-order chi connectivity index (χ1) is 7.52. The van der Waals surface area contributed by atoms with Crippen LogP contribution in [0.5, 0.6) is 0 Å². The molecule has 0 aliphatic carbocycles. The topological polar surface area (TPSA) is 79.0 Å². The molecule has 6 nitrogen and oxygen atoms in total. The Labute approximate surface area is 94.1 Å². The predicted molar refractivity (Wildman–Crippen MR) is 56.4 cm³/mol. The van der Waals surface area contributed by atoms with Crippen LogP contribution in [0.3, 0.4) is 0 Å². The van der Waals surface area contributed by atoms with Gasteiger partial charge in [-0.2, -0.15) is 14.7 Å². The molecule has 0 saturated carbocycles. The molecule has 1 aromatic rings. The van der Waals surface area contributed by atoms with E-state index in [1.54, 1.807) is 13.1 Å². The van der Waals surface area contributed by atoms with Crippen LogP contribution in [0.25, 0.3) is 0 Å². The molecule has 0 saturated heterocycles. The van der Waals surface area contributed by atoms with Crippen LogP contribution in [0.15, 0.2) is 17.3 Å². The van der Waals surface area contributed by atoms with Gasteiger partial charge in [0.1, 0.15) is 11.4 Å². The van der Waals surface area contributed by atoms with Gasteiger partial charge in [0.05, 0.1) is 18.8 Å². The van der Waals surface area contributed by atoms with Gasteiger partial charge in [0.2, 0.25) is 10.0 Å². The lowest BCUT2D eigenvalue weighted by Crippen LogP contribution is -2.31. The van der Waals surface area contributed by atoms with Crippen molar-refractivity contribution in [3.63, 3.8) is 0 Å². The van der Waals surface area contributed by atoms with E-state index in [0.29, 0.717) is 0 Å². The Bertz CT molecular complexity index is 531. The lowest BCUT2D eigenvalue weighted by Gasteiger charge is -2.14. The van der Waals surface area contributed by atoms with E-state index >= 15 is 0 Å². The van der Waals surface area contributed by atoms with Gasteiger partial charge in [-0.15, -0.1) is 6.42 Å². The number of hydrogen-bond acceptors (Lipinski definition) is 4. The molecule has 16 heavy (non-hydrogen) atoms. The lowest BCUT2D eigenvalue weighted by atomic mass is 10.6. The Kier molecular flexibility index (Phi) is 3.67. The monoisotopic (exact) mass is 238 g/mol. The highest BCUT2D eigenvalue weighted by molar-refractivity contribution is 7.89. The SMILES string of the molecule is C#CCN(CC#N)S(=O)(=O)c1cnn(C)c1. The normalized spacial score (nSPS) is 11.0. The molecule has 1 rings (SSSR count). The van der Waals surface area contributed by atoms with Crippen LogP contribution in [0.4, 0.5) is 0 Å². The summed E-state index contributed by atoms with van der Waals surface area (Å²) in [6.07, 6.45) is 7.63. The molecule has 1 heterocycles. The molecule has 0 unspecified atom stereocenters. The zero-order chi connectivity index (χ0) is 12.2. The maximum Gasteiger partial charge on any atom is 0.248 e. The van der Waals surface area contributed by atoms with Gasteiger partial charge in [0, 0.05) is 13.2 Å². The average Bonchev–Trinajstić information content (AvgIpc) is 2.65. The standard InChI is InChI=1S/C9H10N4O2S/c1-3-5-13(6-4-10)16(14,15)9-7-11-12(2)8-9/h1,7-8H,5-6H2,2H3. The summed E-state index contributed by atoms with van der Waals surface area (Å²) in [5, 5.41) is 12.3. The van der Waals surface area contributed by atoms with E-state index in [2.05, 4.69) is 11.0 Å². The number of terminal acetylenes is 1. The molecule has 0 spiro atoms. The summed E-state index contributed by atoms with van der Waals surface area (Å²) in [4.78, 5) is 0.0282. The molecule has 0 aliphatic heterocycles. The largest absolute Gasteiger partial charge is 0.274 e. The van der Waals surface area contributed by atoms with Crippen LogP contribution in [-0.4, -0.2) is 35.6 Å². The molecule has 0 atom stereocenters. The average molecular weight is 238 g/mol. The summed E-state index contributed by atoms with van der Waals surface area (Å²) in [6.45, 7) is -0.411. The number of hydrogen-bond donors (Lipinski definition) is 0. The minimum Gasteiger partial charge on any atom is -0.274 e. The Morgan fingerprint density at radius 2 is 2.31 bits per heavy atom. The van der Waals surface area contributed by atoms with E-state index in [1.165, 1.54) is 17.1 Å².